The lowest BCUT2D eigenvalue weighted by atomic mass is 10.0. The van der Waals surface area contributed by atoms with E-state index < -0.39 is 0 Å². The lowest BCUT2D eigenvalue weighted by Crippen LogP contribution is -2.03. The summed E-state index contributed by atoms with van der Waals surface area (Å²) in [5.41, 5.74) is 3.66. The molecule has 0 aliphatic carbocycles. The number of pyridine rings is 1. The minimum Gasteiger partial charge on any atom is -0.465 e. The Morgan fingerprint density at radius 1 is 1.12 bits per heavy atom. The van der Waals surface area contributed by atoms with Crippen LogP contribution in [0.25, 0.3) is 11.1 Å². The predicted octanol–water partition coefficient (Wildman–Crippen LogP) is 2.84. The van der Waals surface area contributed by atoms with Gasteiger partial charge < -0.3 is 4.74 Å². The molecule has 1 aromatic heterocycles. The molecule has 0 aliphatic heterocycles. The van der Waals surface area contributed by atoms with Gasteiger partial charge in [0.15, 0.2) is 0 Å². The number of rotatable bonds is 2. The second-order valence-corrected chi connectivity index (χ2v) is 3.76. The van der Waals surface area contributed by atoms with E-state index in [0.717, 1.165) is 16.7 Å². The van der Waals surface area contributed by atoms with Crippen LogP contribution in [0, 0.1) is 6.92 Å². The third-order valence-corrected chi connectivity index (χ3v) is 2.65. The number of hydrogen-bond acceptors (Lipinski definition) is 3. The van der Waals surface area contributed by atoms with E-state index in [1.54, 1.807) is 18.5 Å². The van der Waals surface area contributed by atoms with Crippen molar-refractivity contribution in [3.05, 3.63) is 53.9 Å². The number of carbonyl (C=O) groups excluding carboxylic acids is 1. The van der Waals surface area contributed by atoms with E-state index in [1.165, 1.54) is 7.11 Å². The highest BCUT2D eigenvalue weighted by molar-refractivity contribution is 5.91. The lowest BCUT2D eigenvalue weighted by molar-refractivity contribution is 0.0600. The van der Waals surface area contributed by atoms with Crippen LogP contribution in [0.15, 0.2) is 42.7 Å². The summed E-state index contributed by atoms with van der Waals surface area (Å²) in [5.74, 6) is -0.302. The molecule has 0 aliphatic rings. The maximum absolute atomic E-state index is 11.4. The Labute approximate surface area is 100 Å². The average Bonchev–Trinajstić information content (AvgIpc) is 2.39. The molecule has 0 spiro atoms. The number of methoxy groups -OCH3 is 1. The van der Waals surface area contributed by atoms with E-state index in [0.29, 0.717) is 5.56 Å². The smallest absolute Gasteiger partial charge is 0.338 e. The van der Waals surface area contributed by atoms with Crippen LogP contribution in [0.1, 0.15) is 15.9 Å². The second kappa shape index (κ2) is 4.78. The van der Waals surface area contributed by atoms with Crippen molar-refractivity contribution in [2.75, 3.05) is 7.11 Å². The van der Waals surface area contributed by atoms with Gasteiger partial charge in [0.2, 0.25) is 0 Å². The van der Waals surface area contributed by atoms with Gasteiger partial charge in [-0.25, -0.2) is 4.79 Å². The highest BCUT2D eigenvalue weighted by Gasteiger charge is 2.09. The van der Waals surface area contributed by atoms with Crippen molar-refractivity contribution < 1.29 is 9.53 Å². The molecule has 3 nitrogen and oxygen atoms in total. The molecule has 1 aromatic carbocycles. The van der Waals surface area contributed by atoms with Gasteiger partial charge >= 0.3 is 5.97 Å². The topological polar surface area (TPSA) is 39.2 Å². The third-order valence-electron chi connectivity index (χ3n) is 2.65. The second-order valence-electron chi connectivity index (χ2n) is 3.76. The Morgan fingerprint density at radius 3 is 2.41 bits per heavy atom. The van der Waals surface area contributed by atoms with Gasteiger partial charge in [-0.1, -0.05) is 12.1 Å². The van der Waals surface area contributed by atoms with Crippen molar-refractivity contribution >= 4 is 5.97 Å². The molecular formula is C14H13NO2. The molecule has 0 unspecified atom stereocenters. The van der Waals surface area contributed by atoms with E-state index in [1.807, 2.05) is 31.2 Å². The Morgan fingerprint density at radius 2 is 1.82 bits per heavy atom. The summed E-state index contributed by atoms with van der Waals surface area (Å²) in [6.45, 7) is 1.90. The highest BCUT2D eigenvalue weighted by atomic mass is 16.5. The van der Waals surface area contributed by atoms with Gasteiger partial charge in [0.1, 0.15) is 0 Å². The molecule has 2 rings (SSSR count). The van der Waals surface area contributed by atoms with Gasteiger partial charge in [-0.05, 0) is 41.8 Å². The monoisotopic (exact) mass is 227 g/mol. The fourth-order valence-electron chi connectivity index (χ4n) is 1.73. The van der Waals surface area contributed by atoms with Gasteiger partial charge in [-0.3, -0.25) is 4.98 Å². The van der Waals surface area contributed by atoms with Crippen molar-refractivity contribution in [2.24, 2.45) is 0 Å². The summed E-state index contributed by atoms with van der Waals surface area (Å²) >= 11 is 0. The molecule has 86 valence electrons. The quantitative estimate of drug-likeness (QED) is 0.740. The van der Waals surface area contributed by atoms with Crippen LogP contribution >= 0.6 is 0 Å². The summed E-state index contributed by atoms with van der Waals surface area (Å²) in [6, 6.07) is 9.55. The van der Waals surface area contributed by atoms with Gasteiger partial charge in [-0.15, -0.1) is 0 Å². The normalized spacial score (nSPS) is 10.0. The van der Waals surface area contributed by atoms with Gasteiger partial charge in [0.25, 0.3) is 0 Å². The molecule has 0 bridgehead atoms. The fourth-order valence-corrected chi connectivity index (χ4v) is 1.73. The van der Waals surface area contributed by atoms with Crippen molar-refractivity contribution in [3.63, 3.8) is 0 Å². The van der Waals surface area contributed by atoms with Crippen molar-refractivity contribution in [2.45, 2.75) is 6.92 Å². The van der Waals surface area contributed by atoms with E-state index in [2.05, 4.69) is 4.98 Å². The Bertz CT molecular complexity index is 535. The zero-order valence-corrected chi connectivity index (χ0v) is 9.81. The molecule has 0 N–H and O–H groups in total. The minimum absolute atomic E-state index is 0.302. The van der Waals surface area contributed by atoms with Crippen molar-refractivity contribution in [1.29, 1.82) is 0 Å². The number of esters is 1. The number of hydrogen-bond donors (Lipinski definition) is 0. The number of aryl methyl sites for hydroxylation is 1. The minimum atomic E-state index is -0.302. The third kappa shape index (κ3) is 2.33. The molecular weight excluding hydrogens is 214 g/mol. The van der Waals surface area contributed by atoms with E-state index in [9.17, 15) is 4.79 Å². The van der Waals surface area contributed by atoms with Crippen LogP contribution < -0.4 is 0 Å². The maximum atomic E-state index is 11.4. The zero-order chi connectivity index (χ0) is 12.3. The molecule has 0 atom stereocenters. The summed E-state index contributed by atoms with van der Waals surface area (Å²) in [4.78, 5) is 15.4. The van der Waals surface area contributed by atoms with Crippen molar-refractivity contribution in [3.8, 4) is 11.1 Å². The van der Waals surface area contributed by atoms with Crippen LogP contribution in [0.5, 0.6) is 0 Å². The van der Waals surface area contributed by atoms with Gasteiger partial charge in [0.05, 0.1) is 12.7 Å². The first-order valence-electron chi connectivity index (χ1n) is 5.31. The average molecular weight is 227 g/mol. The van der Waals surface area contributed by atoms with Gasteiger partial charge in [0, 0.05) is 12.4 Å². The van der Waals surface area contributed by atoms with E-state index >= 15 is 0 Å². The molecule has 0 saturated heterocycles. The molecule has 0 fully saturated rings. The van der Waals surface area contributed by atoms with Crippen LogP contribution in [0.3, 0.4) is 0 Å². The van der Waals surface area contributed by atoms with E-state index in [4.69, 9.17) is 4.74 Å². The Balaban J connectivity index is 2.41. The predicted molar refractivity (Wildman–Crippen MR) is 65.7 cm³/mol. The molecule has 0 saturated carbocycles. The Kier molecular flexibility index (Phi) is 3.19. The first-order valence-corrected chi connectivity index (χ1v) is 5.31. The van der Waals surface area contributed by atoms with Crippen molar-refractivity contribution in [1.82, 2.24) is 4.98 Å². The number of aromatic nitrogens is 1. The first-order chi connectivity index (χ1) is 8.22. The van der Waals surface area contributed by atoms with Crippen LogP contribution in [0.4, 0.5) is 0 Å². The molecule has 0 amide bonds. The molecule has 3 heteroatoms. The molecule has 0 radical (unpaired) electrons. The standard InChI is InChI=1S/C14H13NO2/c1-10-9-12(11-5-7-15-8-6-11)3-4-13(10)14(16)17-2/h3-9H,1-2H3. The summed E-state index contributed by atoms with van der Waals surface area (Å²) in [7, 11) is 1.39. The number of ether oxygens (including phenoxy) is 1. The Hall–Kier alpha value is -2.16. The summed E-state index contributed by atoms with van der Waals surface area (Å²) < 4.78 is 4.71. The summed E-state index contributed by atoms with van der Waals surface area (Å²) in [5, 5.41) is 0. The number of nitrogens with zero attached hydrogens (tertiary/aromatic N) is 1. The number of carbonyl (C=O) groups is 1. The van der Waals surface area contributed by atoms with Crippen LogP contribution in [-0.4, -0.2) is 18.1 Å². The number of benzene rings is 1. The molecule has 1 heterocycles. The molecule has 17 heavy (non-hydrogen) atoms. The van der Waals surface area contributed by atoms with E-state index in [-0.39, 0.29) is 5.97 Å². The summed E-state index contributed by atoms with van der Waals surface area (Å²) in [6.07, 6.45) is 3.50. The SMILES string of the molecule is COC(=O)c1ccc(-c2ccncc2)cc1C. The fraction of sp³-hybridized carbons (Fsp3) is 0.143. The van der Waals surface area contributed by atoms with Gasteiger partial charge in [-0.2, -0.15) is 0 Å². The molecule has 2 aromatic rings. The first kappa shape index (κ1) is 11.3. The zero-order valence-electron chi connectivity index (χ0n) is 9.81. The highest BCUT2D eigenvalue weighted by Crippen LogP contribution is 2.21. The maximum Gasteiger partial charge on any atom is 0.338 e. The lowest BCUT2D eigenvalue weighted by Gasteiger charge is -2.07. The van der Waals surface area contributed by atoms with Crippen LogP contribution in [0.2, 0.25) is 0 Å². The van der Waals surface area contributed by atoms with Crippen LogP contribution in [-0.2, 0) is 4.74 Å². The largest absolute Gasteiger partial charge is 0.465 e.